The summed E-state index contributed by atoms with van der Waals surface area (Å²) < 4.78 is 84.7. The second kappa shape index (κ2) is 22.4. The van der Waals surface area contributed by atoms with Crippen molar-refractivity contribution >= 4 is 26.1 Å². The van der Waals surface area contributed by atoms with Crippen molar-refractivity contribution in [2.24, 2.45) is 0 Å². The van der Waals surface area contributed by atoms with Gasteiger partial charge in [0.15, 0.2) is 10.1 Å². The van der Waals surface area contributed by atoms with E-state index in [0.717, 1.165) is 46.6 Å². The number of benzene rings is 4. The molecule has 1 aliphatic rings. The van der Waals surface area contributed by atoms with E-state index in [1.165, 1.54) is 26.9 Å². The summed E-state index contributed by atoms with van der Waals surface area (Å²) in [6.07, 6.45) is 4.36. The molecule has 0 bridgehead atoms. The van der Waals surface area contributed by atoms with Crippen molar-refractivity contribution in [1.82, 2.24) is 33.5 Å². The predicted octanol–water partition coefficient (Wildman–Crippen LogP) is 7.51. The van der Waals surface area contributed by atoms with Crippen molar-refractivity contribution in [3.8, 4) is 23.0 Å². The van der Waals surface area contributed by atoms with Crippen LogP contribution in [0.5, 0.6) is 23.0 Å². The number of H-pyrrole nitrogens is 1. The number of nitrogens with one attached hydrogen (secondary N) is 1. The van der Waals surface area contributed by atoms with Crippen molar-refractivity contribution in [3.05, 3.63) is 144 Å². The monoisotopic (exact) mass is 957 g/mol. The summed E-state index contributed by atoms with van der Waals surface area (Å²) in [5, 5.41) is 10.8. The van der Waals surface area contributed by atoms with Gasteiger partial charge < -0.3 is 28.6 Å². The number of carbonyl (C=O) groups excluding carboxylic acids is 1. The van der Waals surface area contributed by atoms with Crippen LogP contribution in [-0.4, -0.2) is 103 Å². The van der Waals surface area contributed by atoms with E-state index in [9.17, 15) is 21.6 Å². The molecular formula is C48H59N7O10S2. The fourth-order valence-corrected chi connectivity index (χ4v) is 9.89. The Kier molecular flexibility index (Phi) is 16.7. The molecular weight excluding hydrogens is 899 g/mol. The molecule has 67 heavy (non-hydrogen) atoms. The van der Waals surface area contributed by atoms with Crippen LogP contribution >= 0.6 is 0 Å². The first-order chi connectivity index (χ1) is 32.0. The Hall–Kier alpha value is -6.41. The zero-order valence-corrected chi connectivity index (χ0v) is 40.5. The highest BCUT2D eigenvalue weighted by Gasteiger charge is 2.34. The molecule has 1 saturated heterocycles. The normalized spacial score (nSPS) is 14.1. The first-order valence-corrected chi connectivity index (χ1v) is 24.4. The summed E-state index contributed by atoms with van der Waals surface area (Å²) in [6, 6.07) is 32.1. The summed E-state index contributed by atoms with van der Waals surface area (Å²) >= 11 is 0. The van der Waals surface area contributed by atoms with Gasteiger partial charge in [0.2, 0.25) is 0 Å². The van der Waals surface area contributed by atoms with Gasteiger partial charge in [-0.3, -0.25) is 9.78 Å². The Labute approximate surface area is 393 Å². The van der Waals surface area contributed by atoms with E-state index in [0.29, 0.717) is 24.6 Å². The maximum Gasteiger partial charge on any atom is 0.410 e. The van der Waals surface area contributed by atoms with Crippen LogP contribution in [0.2, 0.25) is 0 Å². The molecule has 19 heteroatoms. The number of carbonyl (C=O) groups is 1. The number of amides is 1. The van der Waals surface area contributed by atoms with E-state index in [-0.39, 0.29) is 48.4 Å². The number of likely N-dealkylation sites (tertiary alicyclic amines) is 1. The van der Waals surface area contributed by atoms with Crippen LogP contribution in [0.25, 0.3) is 0 Å². The van der Waals surface area contributed by atoms with Gasteiger partial charge in [0.05, 0.1) is 47.2 Å². The number of rotatable bonds is 18. The smallest absolute Gasteiger partial charge is 0.410 e. The van der Waals surface area contributed by atoms with Crippen LogP contribution in [0.4, 0.5) is 4.79 Å². The topological polar surface area (TPSA) is 188 Å². The largest absolute Gasteiger partial charge is 0.497 e. The Morgan fingerprint density at radius 3 is 1.43 bits per heavy atom. The van der Waals surface area contributed by atoms with Gasteiger partial charge in [0, 0.05) is 38.9 Å². The second-order valence-corrected chi connectivity index (χ2v) is 20.5. The standard InChI is InChI=1S/C29H38N4O6S.C19H21N3O4S/c1-29(2,3)39-28(34)33-17-6-7-24(33)21-31-18-16-27(30-31)40(35,36)32(19-22-8-12-25(37-4)13-9-22)20-23-10-14-26(38-5)15-11-23;1-25-17-7-3-15(4-8-17)13-22(27(23,24)19-11-12-20-21-19)14-16-5-9-18(26-2)10-6-16/h8-16,18,24H,6-7,17,19-21H2,1-5H3;3-12H,13-14H2,1-2H3,(H,20,21)/t24-;/m1./s1. The lowest BCUT2D eigenvalue weighted by Crippen LogP contribution is -2.41. The predicted molar refractivity (Wildman–Crippen MR) is 252 cm³/mol. The van der Waals surface area contributed by atoms with E-state index in [2.05, 4.69) is 15.3 Å². The maximum atomic E-state index is 13.9. The van der Waals surface area contributed by atoms with E-state index >= 15 is 0 Å². The van der Waals surface area contributed by atoms with E-state index < -0.39 is 25.6 Å². The highest BCUT2D eigenvalue weighted by Crippen LogP contribution is 2.26. The summed E-state index contributed by atoms with van der Waals surface area (Å²) in [4.78, 5) is 14.4. The Morgan fingerprint density at radius 2 is 1.06 bits per heavy atom. The zero-order valence-electron chi connectivity index (χ0n) is 38.9. The Balaban J connectivity index is 0.000000238. The van der Waals surface area contributed by atoms with Crippen LogP contribution in [0.3, 0.4) is 0 Å². The van der Waals surface area contributed by atoms with Gasteiger partial charge in [-0.05, 0) is 117 Å². The average molecular weight is 958 g/mol. The number of hydrogen-bond donors (Lipinski definition) is 1. The van der Waals surface area contributed by atoms with Crippen LogP contribution < -0.4 is 18.9 Å². The molecule has 1 aliphatic heterocycles. The summed E-state index contributed by atoms with van der Waals surface area (Å²) in [7, 11) is -1.34. The number of aromatic amines is 1. The third-order valence-corrected chi connectivity index (χ3v) is 14.2. The van der Waals surface area contributed by atoms with Gasteiger partial charge >= 0.3 is 6.09 Å². The molecule has 358 valence electrons. The molecule has 6 aromatic rings. The number of hydrogen-bond acceptors (Lipinski definition) is 12. The lowest BCUT2D eigenvalue weighted by atomic mass is 10.2. The number of sulfonamides is 2. The molecule has 0 radical (unpaired) electrons. The van der Waals surface area contributed by atoms with Crippen molar-refractivity contribution in [2.45, 2.75) is 88.0 Å². The lowest BCUT2D eigenvalue weighted by Gasteiger charge is -2.28. The van der Waals surface area contributed by atoms with Crippen molar-refractivity contribution in [2.75, 3.05) is 35.0 Å². The zero-order chi connectivity index (χ0) is 48.2. The molecule has 0 spiro atoms. The van der Waals surface area contributed by atoms with E-state index in [4.69, 9.17) is 23.7 Å². The summed E-state index contributed by atoms with van der Waals surface area (Å²) in [6.45, 7) is 7.24. The molecule has 0 unspecified atom stereocenters. The first-order valence-electron chi connectivity index (χ1n) is 21.6. The van der Waals surface area contributed by atoms with Crippen LogP contribution in [0.1, 0.15) is 55.9 Å². The maximum absolute atomic E-state index is 13.9. The molecule has 0 aliphatic carbocycles. The van der Waals surface area contributed by atoms with Crippen molar-refractivity contribution in [3.63, 3.8) is 0 Å². The highest BCUT2D eigenvalue weighted by molar-refractivity contribution is 7.89. The van der Waals surface area contributed by atoms with Gasteiger partial charge in [-0.1, -0.05) is 48.5 Å². The van der Waals surface area contributed by atoms with Crippen LogP contribution in [0, 0.1) is 0 Å². The van der Waals surface area contributed by atoms with Gasteiger partial charge in [0.25, 0.3) is 20.0 Å². The summed E-state index contributed by atoms with van der Waals surface area (Å²) in [5.74, 6) is 2.83. The lowest BCUT2D eigenvalue weighted by molar-refractivity contribution is 0.0211. The first kappa shape index (κ1) is 50.0. The van der Waals surface area contributed by atoms with E-state index in [1.54, 1.807) is 68.5 Å². The molecule has 3 heterocycles. The molecule has 4 aromatic carbocycles. The Morgan fingerprint density at radius 1 is 0.642 bits per heavy atom. The molecule has 1 amide bonds. The van der Waals surface area contributed by atoms with E-state index in [1.807, 2.05) is 93.6 Å². The fraction of sp³-hybridized carbons (Fsp3) is 0.354. The number of methoxy groups -OCH3 is 4. The summed E-state index contributed by atoms with van der Waals surface area (Å²) in [5.41, 5.74) is 2.75. The molecule has 7 rings (SSSR count). The fourth-order valence-electron chi connectivity index (χ4n) is 7.23. The van der Waals surface area contributed by atoms with Gasteiger partial charge in [-0.25, -0.2) is 21.6 Å². The molecule has 1 fully saturated rings. The van der Waals surface area contributed by atoms with Gasteiger partial charge in [-0.15, -0.1) is 0 Å². The average Bonchev–Trinajstić information content (AvgIpc) is 4.14. The number of nitrogens with zero attached hydrogens (tertiary/aromatic N) is 6. The third kappa shape index (κ3) is 13.6. The van der Waals surface area contributed by atoms with Crippen molar-refractivity contribution in [1.29, 1.82) is 0 Å². The minimum Gasteiger partial charge on any atom is -0.497 e. The minimum absolute atomic E-state index is 0.0451. The molecule has 17 nitrogen and oxygen atoms in total. The number of ether oxygens (including phenoxy) is 5. The Bertz CT molecular complexity index is 2610. The molecule has 1 atom stereocenters. The quantitative estimate of drug-likeness (QED) is 0.0895. The minimum atomic E-state index is -3.96. The SMILES string of the molecule is COc1ccc(CN(Cc2ccc(OC)cc2)S(=O)(=O)c2ccn(C[C@H]3CCCN3C(=O)OC(C)(C)C)n2)cc1.COc1ccc(CN(Cc2ccc(OC)cc2)S(=O)(=O)c2ccn[nH]2)cc1. The molecule has 2 aromatic heterocycles. The van der Waals surface area contributed by atoms with Crippen molar-refractivity contribution < 1.29 is 45.3 Å². The van der Waals surface area contributed by atoms with Crippen LogP contribution in [-0.2, 0) is 57.5 Å². The molecule has 0 saturated carbocycles. The highest BCUT2D eigenvalue weighted by atomic mass is 32.2. The molecule has 1 N–H and O–H groups in total. The third-order valence-electron chi connectivity index (χ3n) is 10.8. The second-order valence-electron chi connectivity index (χ2n) is 16.7. The van der Waals surface area contributed by atoms with Gasteiger partial charge in [0.1, 0.15) is 28.6 Å². The number of aromatic nitrogens is 4. The van der Waals surface area contributed by atoms with Crippen LogP contribution in [0.15, 0.2) is 132 Å². The van der Waals surface area contributed by atoms with Gasteiger partial charge in [-0.2, -0.15) is 18.8 Å².